The van der Waals surface area contributed by atoms with Gasteiger partial charge in [-0.2, -0.15) is 0 Å². The number of hydrogen-bond donors (Lipinski definition) is 1. The molecule has 1 fully saturated rings. The molecule has 0 bridgehead atoms. The van der Waals surface area contributed by atoms with Crippen molar-refractivity contribution in [3.05, 3.63) is 108 Å². The first-order valence-electron chi connectivity index (χ1n) is 9.70. The molecule has 1 atom stereocenters. The second-order valence-corrected chi connectivity index (χ2v) is 7.08. The fourth-order valence-electron chi connectivity index (χ4n) is 3.83. The van der Waals surface area contributed by atoms with Crippen molar-refractivity contribution in [2.75, 3.05) is 19.9 Å². The smallest absolute Gasteiger partial charge is 0.143 e. The summed E-state index contributed by atoms with van der Waals surface area (Å²) in [7, 11) is 0. The van der Waals surface area contributed by atoms with Gasteiger partial charge in [-0.25, -0.2) is 5.01 Å². The van der Waals surface area contributed by atoms with Gasteiger partial charge in [0, 0.05) is 0 Å². The molecule has 1 aliphatic heterocycles. The minimum Gasteiger partial charge on any atom is -0.365 e. The van der Waals surface area contributed by atoms with Crippen LogP contribution >= 0.6 is 0 Å². The summed E-state index contributed by atoms with van der Waals surface area (Å²) in [5, 5.41) is 1.73. The molecule has 1 aliphatic rings. The maximum Gasteiger partial charge on any atom is 0.143 e. The molecule has 0 amide bonds. The summed E-state index contributed by atoms with van der Waals surface area (Å²) in [5.74, 6) is 6.15. The van der Waals surface area contributed by atoms with E-state index in [0.29, 0.717) is 19.9 Å². The summed E-state index contributed by atoms with van der Waals surface area (Å²) >= 11 is 0. The van der Waals surface area contributed by atoms with E-state index in [1.54, 1.807) is 5.01 Å². The topological polar surface area (TPSA) is 47.7 Å². The summed E-state index contributed by atoms with van der Waals surface area (Å²) in [5.41, 5.74) is 2.59. The quantitative estimate of drug-likeness (QED) is 0.525. The first-order valence-corrected chi connectivity index (χ1v) is 9.70. The van der Waals surface area contributed by atoms with Crippen LogP contribution in [0.25, 0.3) is 0 Å². The number of nitrogens with two attached hydrogens (primary N) is 1. The van der Waals surface area contributed by atoms with Gasteiger partial charge in [-0.15, -0.1) is 0 Å². The lowest BCUT2D eigenvalue weighted by Gasteiger charge is -2.39. The van der Waals surface area contributed by atoms with Crippen molar-refractivity contribution in [1.82, 2.24) is 5.01 Å². The molecule has 0 spiro atoms. The molecule has 0 aromatic heterocycles. The average Bonchev–Trinajstić information content (AvgIpc) is 2.78. The van der Waals surface area contributed by atoms with Crippen molar-refractivity contribution in [1.29, 1.82) is 0 Å². The standard InChI is InChI=1S/C24H26N2O2/c25-26-19-27-17-16-23(26)18-28-24(20-10-4-1-5-11-20,21-12-6-2-7-13-21)22-14-8-3-9-15-22/h1-15,23H,16-19,25H2/t23-/m0/s1. The monoisotopic (exact) mass is 374 g/mol. The zero-order valence-electron chi connectivity index (χ0n) is 15.9. The molecular weight excluding hydrogens is 348 g/mol. The van der Waals surface area contributed by atoms with Crippen LogP contribution in [-0.4, -0.2) is 31.0 Å². The molecule has 4 rings (SSSR count). The number of benzene rings is 3. The van der Waals surface area contributed by atoms with E-state index in [1.165, 1.54) is 0 Å². The van der Waals surface area contributed by atoms with Crippen LogP contribution in [0.15, 0.2) is 91.0 Å². The highest BCUT2D eigenvalue weighted by atomic mass is 16.5. The molecule has 2 N–H and O–H groups in total. The summed E-state index contributed by atoms with van der Waals surface area (Å²) < 4.78 is 12.3. The molecule has 0 unspecified atom stereocenters. The highest BCUT2D eigenvalue weighted by Gasteiger charge is 2.38. The predicted molar refractivity (Wildman–Crippen MR) is 110 cm³/mol. The average molecular weight is 374 g/mol. The van der Waals surface area contributed by atoms with Gasteiger partial charge >= 0.3 is 0 Å². The number of rotatable bonds is 6. The summed E-state index contributed by atoms with van der Waals surface area (Å²) in [6.07, 6.45) is 0.852. The lowest BCUT2D eigenvalue weighted by atomic mass is 9.80. The van der Waals surface area contributed by atoms with E-state index in [2.05, 4.69) is 72.8 Å². The number of hydrazine groups is 1. The SMILES string of the molecule is NN1COCC[C@H]1COC(c1ccccc1)(c1ccccc1)c1ccccc1. The first kappa shape index (κ1) is 18.8. The van der Waals surface area contributed by atoms with Crippen molar-refractivity contribution in [2.24, 2.45) is 5.84 Å². The van der Waals surface area contributed by atoms with E-state index in [-0.39, 0.29) is 6.04 Å². The summed E-state index contributed by atoms with van der Waals surface area (Å²) in [6, 6.07) is 31.3. The number of nitrogens with zero attached hydrogens (tertiary/aromatic N) is 1. The second-order valence-electron chi connectivity index (χ2n) is 7.08. The van der Waals surface area contributed by atoms with Gasteiger partial charge in [-0.05, 0) is 23.1 Å². The first-order chi connectivity index (χ1) is 13.8. The lowest BCUT2D eigenvalue weighted by Crippen LogP contribution is -2.50. The largest absolute Gasteiger partial charge is 0.365 e. The third kappa shape index (κ3) is 3.73. The Bertz CT molecular complexity index is 759. The van der Waals surface area contributed by atoms with Crippen LogP contribution in [0.3, 0.4) is 0 Å². The van der Waals surface area contributed by atoms with Gasteiger partial charge in [0.25, 0.3) is 0 Å². The Kier molecular flexibility index (Phi) is 5.84. The Morgan fingerprint density at radius 2 is 1.29 bits per heavy atom. The summed E-state index contributed by atoms with van der Waals surface area (Å²) in [4.78, 5) is 0. The van der Waals surface area contributed by atoms with Gasteiger partial charge in [0.2, 0.25) is 0 Å². The van der Waals surface area contributed by atoms with Gasteiger partial charge < -0.3 is 9.47 Å². The normalized spacial score (nSPS) is 18.1. The lowest BCUT2D eigenvalue weighted by molar-refractivity contribution is -0.0931. The van der Waals surface area contributed by atoms with Crippen LogP contribution in [0.1, 0.15) is 23.1 Å². The van der Waals surface area contributed by atoms with E-state index >= 15 is 0 Å². The molecule has 4 heteroatoms. The van der Waals surface area contributed by atoms with Crippen LogP contribution in [0.2, 0.25) is 0 Å². The zero-order valence-corrected chi connectivity index (χ0v) is 15.9. The van der Waals surface area contributed by atoms with E-state index < -0.39 is 5.60 Å². The molecule has 1 saturated heterocycles. The minimum absolute atomic E-state index is 0.115. The highest BCUT2D eigenvalue weighted by molar-refractivity contribution is 5.47. The molecule has 28 heavy (non-hydrogen) atoms. The molecular formula is C24H26N2O2. The number of ether oxygens (including phenoxy) is 2. The van der Waals surface area contributed by atoms with Crippen molar-refractivity contribution in [3.63, 3.8) is 0 Å². The summed E-state index contributed by atoms with van der Waals surface area (Å²) in [6.45, 7) is 1.65. The molecule has 0 saturated carbocycles. The van der Waals surface area contributed by atoms with Crippen LogP contribution in [0, 0.1) is 0 Å². The van der Waals surface area contributed by atoms with Gasteiger partial charge in [-0.3, -0.25) is 5.84 Å². The van der Waals surface area contributed by atoms with Crippen molar-refractivity contribution >= 4 is 0 Å². The van der Waals surface area contributed by atoms with E-state index in [0.717, 1.165) is 23.1 Å². The van der Waals surface area contributed by atoms with Crippen LogP contribution in [-0.2, 0) is 15.1 Å². The van der Waals surface area contributed by atoms with Crippen LogP contribution in [0.4, 0.5) is 0 Å². The molecule has 0 radical (unpaired) electrons. The maximum absolute atomic E-state index is 6.82. The Morgan fingerprint density at radius 1 is 0.821 bits per heavy atom. The second kappa shape index (κ2) is 8.67. The van der Waals surface area contributed by atoms with Crippen molar-refractivity contribution in [3.8, 4) is 0 Å². The van der Waals surface area contributed by atoms with Gasteiger partial charge in [-0.1, -0.05) is 91.0 Å². The zero-order chi connectivity index (χ0) is 19.2. The van der Waals surface area contributed by atoms with Crippen molar-refractivity contribution in [2.45, 2.75) is 18.1 Å². The van der Waals surface area contributed by atoms with Crippen molar-refractivity contribution < 1.29 is 9.47 Å². The van der Waals surface area contributed by atoms with Gasteiger partial charge in [0.1, 0.15) is 12.3 Å². The molecule has 0 aliphatic carbocycles. The number of hydrogen-bond acceptors (Lipinski definition) is 4. The molecule has 4 nitrogen and oxygen atoms in total. The predicted octanol–water partition coefficient (Wildman–Crippen LogP) is 3.92. The molecule has 3 aromatic rings. The maximum atomic E-state index is 6.82. The third-order valence-corrected chi connectivity index (χ3v) is 5.34. The Hall–Kier alpha value is -2.50. The fourth-order valence-corrected chi connectivity index (χ4v) is 3.83. The molecule has 1 heterocycles. The van der Waals surface area contributed by atoms with E-state index in [9.17, 15) is 0 Å². The van der Waals surface area contributed by atoms with E-state index in [1.807, 2.05) is 18.2 Å². The molecule has 3 aromatic carbocycles. The Balaban J connectivity index is 1.81. The highest BCUT2D eigenvalue weighted by Crippen LogP contribution is 2.40. The minimum atomic E-state index is -0.705. The van der Waals surface area contributed by atoms with Crippen LogP contribution < -0.4 is 5.84 Å². The van der Waals surface area contributed by atoms with Gasteiger partial charge in [0.15, 0.2) is 0 Å². The third-order valence-electron chi connectivity index (χ3n) is 5.34. The van der Waals surface area contributed by atoms with E-state index in [4.69, 9.17) is 15.3 Å². The van der Waals surface area contributed by atoms with Crippen LogP contribution in [0.5, 0.6) is 0 Å². The Labute approximate surface area is 166 Å². The fraction of sp³-hybridized carbons (Fsp3) is 0.250. The van der Waals surface area contributed by atoms with Gasteiger partial charge in [0.05, 0.1) is 19.3 Å². The molecule has 144 valence electrons. The Morgan fingerprint density at radius 3 is 1.71 bits per heavy atom.